The summed E-state index contributed by atoms with van der Waals surface area (Å²) >= 11 is 1.27. The molecule has 0 saturated carbocycles. The van der Waals surface area contributed by atoms with Crippen LogP contribution in [0.25, 0.3) is 0 Å². The molecule has 128 valence electrons. The molecule has 0 bridgehead atoms. The van der Waals surface area contributed by atoms with E-state index in [1.54, 1.807) is 12.1 Å². The summed E-state index contributed by atoms with van der Waals surface area (Å²) in [6, 6.07) is 10.1. The molecule has 0 radical (unpaired) electrons. The molecule has 1 amide bonds. The largest absolute Gasteiger partial charge is 0.323 e. The van der Waals surface area contributed by atoms with Crippen LogP contribution in [0.3, 0.4) is 0 Å². The van der Waals surface area contributed by atoms with E-state index in [0.29, 0.717) is 17.0 Å². The number of para-hydroxylation sites is 1. The number of anilines is 1. The third-order valence-corrected chi connectivity index (χ3v) is 5.55. The standard InChI is InChI=1S/C19H18FN3OS/c1-2-17(18(24)22-16-8-4-3-7-14(16)20)25-19-13(11-21)10-12-6-5-9-15(12)23-19/h3-4,7-8,10,17H,2,5-6,9H2,1H3,(H,22,24). The Morgan fingerprint density at radius 1 is 1.44 bits per heavy atom. The fourth-order valence-corrected chi connectivity index (χ4v) is 3.85. The summed E-state index contributed by atoms with van der Waals surface area (Å²) in [6.45, 7) is 1.89. The molecule has 4 nitrogen and oxygen atoms in total. The highest BCUT2D eigenvalue weighted by Crippen LogP contribution is 2.31. The van der Waals surface area contributed by atoms with Crippen LogP contribution in [0.15, 0.2) is 35.4 Å². The fourth-order valence-electron chi connectivity index (χ4n) is 2.86. The van der Waals surface area contributed by atoms with Gasteiger partial charge in [0.15, 0.2) is 0 Å². The van der Waals surface area contributed by atoms with Crippen LogP contribution >= 0.6 is 11.8 Å². The zero-order chi connectivity index (χ0) is 17.8. The number of aromatic nitrogens is 1. The Hall–Kier alpha value is -2.39. The molecule has 1 N–H and O–H groups in total. The SMILES string of the molecule is CCC(Sc1nc2c(cc1C#N)CCC2)C(=O)Nc1ccccc1F. The molecule has 0 fully saturated rings. The van der Waals surface area contributed by atoms with E-state index in [0.717, 1.165) is 30.5 Å². The van der Waals surface area contributed by atoms with E-state index in [1.807, 2.05) is 13.0 Å². The lowest BCUT2D eigenvalue weighted by atomic mass is 10.2. The molecule has 1 unspecified atom stereocenters. The van der Waals surface area contributed by atoms with Gasteiger partial charge in [0.2, 0.25) is 5.91 Å². The number of carbonyl (C=O) groups is 1. The number of nitrogens with one attached hydrogen (secondary N) is 1. The van der Waals surface area contributed by atoms with E-state index in [-0.39, 0.29) is 11.6 Å². The molecule has 1 aliphatic carbocycles. The maximum Gasteiger partial charge on any atom is 0.237 e. The first kappa shape index (κ1) is 17.4. The minimum atomic E-state index is -0.468. The zero-order valence-corrected chi connectivity index (χ0v) is 14.7. The van der Waals surface area contributed by atoms with E-state index < -0.39 is 11.1 Å². The number of thioether (sulfide) groups is 1. The molecule has 0 saturated heterocycles. The van der Waals surface area contributed by atoms with Crippen LogP contribution in [-0.2, 0) is 17.6 Å². The summed E-state index contributed by atoms with van der Waals surface area (Å²) in [4.78, 5) is 17.1. The molecule has 1 aromatic heterocycles. The molecule has 25 heavy (non-hydrogen) atoms. The van der Waals surface area contributed by atoms with E-state index >= 15 is 0 Å². The number of benzene rings is 1. The van der Waals surface area contributed by atoms with Crippen molar-refractivity contribution in [1.82, 2.24) is 4.98 Å². The van der Waals surface area contributed by atoms with E-state index in [2.05, 4.69) is 16.4 Å². The van der Waals surface area contributed by atoms with Gasteiger partial charge < -0.3 is 5.32 Å². The van der Waals surface area contributed by atoms with Crippen molar-refractivity contribution in [2.24, 2.45) is 0 Å². The average molecular weight is 355 g/mol. The number of rotatable bonds is 5. The molecule has 1 atom stereocenters. The lowest BCUT2D eigenvalue weighted by Gasteiger charge is -2.16. The molecule has 2 aromatic rings. The number of nitriles is 1. The lowest BCUT2D eigenvalue weighted by Crippen LogP contribution is -2.25. The van der Waals surface area contributed by atoms with Crippen molar-refractivity contribution in [3.05, 3.63) is 53.0 Å². The van der Waals surface area contributed by atoms with Gasteiger partial charge in [-0.2, -0.15) is 5.26 Å². The molecule has 3 rings (SSSR count). The first-order valence-corrected chi connectivity index (χ1v) is 9.15. The normalized spacial score (nSPS) is 13.8. The van der Waals surface area contributed by atoms with Gasteiger partial charge in [0.05, 0.1) is 16.5 Å². The molecule has 0 aliphatic heterocycles. The molecular formula is C19H18FN3OS. The second-order valence-electron chi connectivity index (χ2n) is 5.90. The van der Waals surface area contributed by atoms with Gasteiger partial charge in [0.25, 0.3) is 0 Å². The van der Waals surface area contributed by atoms with Gasteiger partial charge in [0, 0.05) is 5.69 Å². The van der Waals surface area contributed by atoms with Crippen LogP contribution in [0.4, 0.5) is 10.1 Å². The Morgan fingerprint density at radius 2 is 2.24 bits per heavy atom. The van der Waals surface area contributed by atoms with E-state index in [4.69, 9.17) is 0 Å². The Balaban J connectivity index is 1.79. The first-order valence-electron chi connectivity index (χ1n) is 8.27. The van der Waals surface area contributed by atoms with Crippen LogP contribution in [0.5, 0.6) is 0 Å². The number of nitrogens with zero attached hydrogens (tertiary/aromatic N) is 2. The maximum absolute atomic E-state index is 13.7. The number of fused-ring (bicyclic) bond motifs is 1. The second kappa shape index (κ2) is 7.66. The van der Waals surface area contributed by atoms with Gasteiger partial charge in [-0.25, -0.2) is 9.37 Å². The predicted molar refractivity (Wildman–Crippen MR) is 95.9 cm³/mol. The second-order valence-corrected chi connectivity index (χ2v) is 7.09. The number of hydrogen-bond acceptors (Lipinski definition) is 4. The Labute approximate surface area is 150 Å². The van der Waals surface area contributed by atoms with Crippen LogP contribution in [0, 0.1) is 17.1 Å². The van der Waals surface area contributed by atoms with Gasteiger partial charge in [-0.1, -0.05) is 30.8 Å². The van der Waals surface area contributed by atoms with Crippen molar-refractivity contribution in [3.63, 3.8) is 0 Å². The van der Waals surface area contributed by atoms with Gasteiger partial charge in [0.1, 0.15) is 16.9 Å². The molecule has 0 spiro atoms. The number of amides is 1. The van der Waals surface area contributed by atoms with Crippen molar-refractivity contribution in [1.29, 1.82) is 5.26 Å². The molecule has 1 aromatic carbocycles. The van der Waals surface area contributed by atoms with E-state index in [1.165, 1.54) is 23.9 Å². The summed E-state index contributed by atoms with van der Waals surface area (Å²) in [5.41, 5.74) is 2.81. The predicted octanol–water partition coefficient (Wildman–Crippen LogP) is 4.09. The number of halogens is 1. The highest BCUT2D eigenvalue weighted by Gasteiger charge is 2.23. The minimum Gasteiger partial charge on any atom is -0.323 e. The summed E-state index contributed by atoms with van der Waals surface area (Å²) in [7, 11) is 0. The number of carbonyl (C=O) groups excluding carboxylic acids is 1. The summed E-state index contributed by atoms with van der Waals surface area (Å²) in [6.07, 6.45) is 3.46. The van der Waals surface area contributed by atoms with Crippen molar-refractivity contribution in [3.8, 4) is 6.07 Å². The lowest BCUT2D eigenvalue weighted by molar-refractivity contribution is -0.115. The van der Waals surface area contributed by atoms with Crippen LogP contribution in [-0.4, -0.2) is 16.1 Å². The van der Waals surface area contributed by atoms with Crippen molar-refractivity contribution >= 4 is 23.4 Å². The minimum absolute atomic E-state index is 0.161. The third-order valence-electron chi connectivity index (χ3n) is 4.19. The number of pyridine rings is 1. The highest BCUT2D eigenvalue weighted by molar-refractivity contribution is 8.00. The highest BCUT2D eigenvalue weighted by atomic mass is 32.2. The molecule has 1 aliphatic rings. The summed E-state index contributed by atoms with van der Waals surface area (Å²) in [5.74, 6) is -0.757. The van der Waals surface area contributed by atoms with Gasteiger partial charge in [-0.15, -0.1) is 0 Å². The molecule has 6 heteroatoms. The Morgan fingerprint density at radius 3 is 2.96 bits per heavy atom. The van der Waals surface area contributed by atoms with Crippen molar-refractivity contribution in [2.45, 2.75) is 42.9 Å². The van der Waals surface area contributed by atoms with Crippen LogP contribution in [0.2, 0.25) is 0 Å². The summed E-state index contributed by atoms with van der Waals surface area (Å²) < 4.78 is 13.7. The average Bonchev–Trinajstić information content (AvgIpc) is 3.07. The van der Waals surface area contributed by atoms with Crippen LogP contribution < -0.4 is 5.32 Å². The molecule has 1 heterocycles. The third kappa shape index (κ3) is 3.83. The number of aryl methyl sites for hydroxylation is 2. The Bertz CT molecular complexity index is 847. The number of hydrogen-bond donors (Lipinski definition) is 1. The summed E-state index contributed by atoms with van der Waals surface area (Å²) in [5, 5.41) is 12.2. The first-order chi connectivity index (χ1) is 12.1. The quantitative estimate of drug-likeness (QED) is 0.821. The van der Waals surface area contributed by atoms with Gasteiger partial charge in [-0.3, -0.25) is 4.79 Å². The van der Waals surface area contributed by atoms with Gasteiger partial charge in [-0.05, 0) is 49.4 Å². The van der Waals surface area contributed by atoms with Gasteiger partial charge >= 0.3 is 0 Å². The topological polar surface area (TPSA) is 65.8 Å². The van der Waals surface area contributed by atoms with Crippen LogP contribution in [0.1, 0.15) is 36.6 Å². The molecular weight excluding hydrogens is 337 g/mol. The maximum atomic E-state index is 13.7. The Kier molecular flexibility index (Phi) is 5.34. The smallest absolute Gasteiger partial charge is 0.237 e. The zero-order valence-electron chi connectivity index (χ0n) is 13.9. The fraction of sp³-hybridized carbons (Fsp3) is 0.316. The monoisotopic (exact) mass is 355 g/mol. The van der Waals surface area contributed by atoms with E-state index in [9.17, 15) is 14.4 Å². The van der Waals surface area contributed by atoms with Crippen molar-refractivity contribution < 1.29 is 9.18 Å². The van der Waals surface area contributed by atoms with Crippen molar-refractivity contribution in [2.75, 3.05) is 5.32 Å².